The Morgan fingerprint density at radius 3 is 2.70 bits per heavy atom. The van der Waals surface area contributed by atoms with Gasteiger partial charge in [0.05, 0.1) is 5.69 Å². The molecule has 0 aliphatic carbocycles. The lowest BCUT2D eigenvalue weighted by Gasteiger charge is -2.31. The predicted octanol–water partition coefficient (Wildman–Crippen LogP) is 1.95. The largest absolute Gasteiger partial charge is 0.370 e. The molecule has 7 nitrogen and oxygen atoms in total. The van der Waals surface area contributed by atoms with Crippen LogP contribution in [0.15, 0.2) is 24.5 Å². The van der Waals surface area contributed by atoms with Crippen LogP contribution in [0.2, 0.25) is 0 Å². The lowest BCUT2D eigenvalue weighted by Crippen LogP contribution is -2.44. The van der Waals surface area contributed by atoms with Gasteiger partial charge in [-0.3, -0.25) is 10.2 Å². The van der Waals surface area contributed by atoms with Gasteiger partial charge in [-0.05, 0) is 25.0 Å². The number of halogens is 2. The second-order valence-electron chi connectivity index (χ2n) is 5.23. The third-order valence-electron chi connectivity index (χ3n) is 3.92. The standard InChI is InChI=1S/C14H18N6O.2ClH/c15-14(16)20-7-3-9(4-8-20)13(21)19-11-2-6-18-12-10(11)1-5-17-12;;/h1-2,5-6,9H,3-4,7-8H2,(H3,15,16)(H2,17,18,19,21);2*1H. The number of anilines is 1. The third kappa shape index (κ3) is 4.05. The van der Waals surface area contributed by atoms with Crippen LogP contribution in [0.25, 0.3) is 11.0 Å². The van der Waals surface area contributed by atoms with Crippen molar-refractivity contribution in [1.29, 1.82) is 5.41 Å². The summed E-state index contributed by atoms with van der Waals surface area (Å²) in [5.74, 6) is 0.0617. The SMILES string of the molecule is Cl.Cl.N=C(N)N1CCC(C(=O)Nc2ccnc3[nH]ccc23)CC1. The quantitative estimate of drug-likeness (QED) is 0.485. The Labute approximate surface area is 146 Å². The molecule has 23 heavy (non-hydrogen) atoms. The van der Waals surface area contributed by atoms with Crippen molar-refractivity contribution >= 4 is 53.4 Å². The number of rotatable bonds is 2. The van der Waals surface area contributed by atoms with E-state index in [-0.39, 0.29) is 42.6 Å². The summed E-state index contributed by atoms with van der Waals surface area (Å²) in [5.41, 5.74) is 7.00. The maximum absolute atomic E-state index is 12.4. The lowest BCUT2D eigenvalue weighted by molar-refractivity contribution is -0.120. The second kappa shape index (κ2) is 8.03. The normalized spacial score (nSPS) is 14.7. The van der Waals surface area contributed by atoms with Crippen LogP contribution in [-0.4, -0.2) is 39.8 Å². The van der Waals surface area contributed by atoms with Crippen molar-refractivity contribution in [2.75, 3.05) is 18.4 Å². The summed E-state index contributed by atoms with van der Waals surface area (Å²) < 4.78 is 0. The van der Waals surface area contributed by atoms with Crippen LogP contribution < -0.4 is 11.1 Å². The van der Waals surface area contributed by atoms with E-state index >= 15 is 0 Å². The Bertz CT molecular complexity index is 681. The Hall–Kier alpha value is -1.99. The average molecular weight is 359 g/mol. The highest BCUT2D eigenvalue weighted by atomic mass is 35.5. The first-order chi connectivity index (χ1) is 10.1. The van der Waals surface area contributed by atoms with Crippen LogP contribution in [0.4, 0.5) is 5.69 Å². The number of amides is 1. The van der Waals surface area contributed by atoms with Crippen LogP contribution in [0.5, 0.6) is 0 Å². The summed E-state index contributed by atoms with van der Waals surface area (Å²) in [7, 11) is 0. The van der Waals surface area contributed by atoms with Crippen molar-refractivity contribution in [2.45, 2.75) is 12.8 Å². The summed E-state index contributed by atoms with van der Waals surface area (Å²) in [6.45, 7) is 1.31. The minimum Gasteiger partial charge on any atom is -0.370 e. The van der Waals surface area contributed by atoms with E-state index in [0.717, 1.165) is 16.7 Å². The monoisotopic (exact) mass is 358 g/mol. The zero-order valence-corrected chi connectivity index (χ0v) is 14.0. The van der Waals surface area contributed by atoms with E-state index in [2.05, 4.69) is 15.3 Å². The maximum atomic E-state index is 12.4. The summed E-state index contributed by atoms with van der Waals surface area (Å²) in [6, 6.07) is 3.70. The molecule has 5 N–H and O–H groups in total. The van der Waals surface area contributed by atoms with Crippen LogP contribution in [-0.2, 0) is 4.79 Å². The van der Waals surface area contributed by atoms with E-state index in [1.54, 1.807) is 23.4 Å². The highest BCUT2D eigenvalue weighted by Crippen LogP contribution is 2.23. The van der Waals surface area contributed by atoms with E-state index in [4.69, 9.17) is 11.1 Å². The fourth-order valence-corrected chi connectivity index (χ4v) is 2.69. The molecule has 9 heteroatoms. The minimum atomic E-state index is -0.0391. The smallest absolute Gasteiger partial charge is 0.227 e. The fourth-order valence-electron chi connectivity index (χ4n) is 2.69. The Balaban J connectivity index is 0.00000132. The molecule has 0 unspecified atom stereocenters. The lowest BCUT2D eigenvalue weighted by atomic mass is 9.96. The predicted molar refractivity (Wildman–Crippen MR) is 95.4 cm³/mol. The molecule has 0 atom stereocenters. The molecule has 1 aliphatic rings. The number of aromatic nitrogens is 2. The second-order valence-corrected chi connectivity index (χ2v) is 5.23. The van der Waals surface area contributed by atoms with Crippen molar-refractivity contribution in [3.05, 3.63) is 24.5 Å². The zero-order chi connectivity index (χ0) is 14.8. The summed E-state index contributed by atoms with van der Waals surface area (Å²) >= 11 is 0. The van der Waals surface area contributed by atoms with E-state index in [9.17, 15) is 4.79 Å². The molecular formula is C14H20Cl2N6O. The van der Waals surface area contributed by atoms with Crippen LogP contribution in [0, 0.1) is 11.3 Å². The molecule has 0 radical (unpaired) electrons. The average Bonchev–Trinajstić information content (AvgIpc) is 2.97. The number of carbonyl (C=O) groups is 1. The Kier molecular flexibility index (Phi) is 6.65. The van der Waals surface area contributed by atoms with Gasteiger partial charge < -0.3 is 20.9 Å². The van der Waals surface area contributed by atoms with Gasteiger partial charge in [-0.1, -0.05) is 0 Å². The van der Waals surface area contributed by atoms with Gasteiger partial charge in [-0.25, -0.2) is 4.98 Å². The number of nitrogens with two attached hydrogens (primary N) is 1. The van der Waals surface area contributed by atoms with Gasteiger partial charge in [-0.2, -0.15) is 0 Å². The highest BCUT2D eigenvalue weighted by molar-refractivity contribution is 6.01. The van der Waals surface area contributed by atoms with Gasteiger partial charge in [0.2, 0.25) is 5.91 Å². The number of hydrogen-bond acceptors (Lipinski definition) is 3. The number of likely N-dealkylation sites (tertiary alicyclic amines) is 1. The number of aromatic amines is 1. The molecule has 3 rings (SSSR count). The molecule has 3 heterocycles. The number of hydrogen-bond donors (Lipinski definition) is 4. The summed E-state index contributed by atoms with van der Waals surface area (Å²) in [6.07, 6.45) is 4.91. The fraction of sp³-hybridized carbons (Fsp3) is 0.357. The van der Waals surface area contributed by atoms with Crippen LogP contribution in [0.1, 0.15) is 12.8 Å². The van der Waals surface area contributed by atoms with Gasteiger partial charge in [0.1, 0.15) is 5.65 Å². The molecule has 2 aromatic rings. The van der Waals surface area contributed by atoms with E-state index in [1.807, 2.05) is 6.07 Å². The van der Waals surface area contributed by atoms with E-state index in [0.29, 0.717) is 25.9 Å². The maximum Gasteiger partial charge on any atom is 0.227 e. The van der Waals surface area contributed by atoms with Crippen molar-refractivity contribution in [1.82, 2.24) is 14.9 Å². The zero-order valence-electron chi connectivity index (χ0n) is 12.4. The number of carbonyl (C=O) groups excluding carboxylic acids is 1. The van der Waals surface area contributed by atoms with Crippen LogP contribution in [0.3, 0.4) is 0 Å². The van der Waals surface area contributed by atoms with E-state index in [1.165, 1.54) is 0 Å². The first-order valence-corrected chi connectivity index (χ1v) is 6.97. The number of fused-ring (bicyclic) bond motifs is 1. The van der Waals surface area contributed by atoms with Crippen LogP contribution >= 0.6 is 24.8 Å². The van der Waals surface area contributed by atoms with E-state index < -0.39 is 0 Å². The van der Waals surface area contributed by atoms with Gasteiger partial charge in [-0.15, -0.1) is 24.8 Å². The highest BCUT2D eigenvalue weighted by Gasteiger charge is 2.25. The summed E-state index contributed by atoms with van der Waals surface area (Å²) in [4.78, 5) is 21.4. The minimum absolute atomic E-state index is 0. The first-order valence-electron chi connectivity index (χ1n) is 6.97. The van der Waals surface area contributed by atoms with Gasteiger partial charge >= 0.3 is 0 Å². The number of nitrogens with zero attached hydrogens (tertiary/aromatic N) is 2. The molecule has 1 fully saturated rings. The molecule has 0 aromatic carbocycles. The molecule has 0 bridgehead atoms. The molecule has 1 aliphatic heterocycles. The first kappa shape index (κ1) is 19.1. The number of piperidine rings is 1. The molecule has 126 valence electrons. The Morgan fingerprint density at radius 1 is 1.35 bits per heavy atom. The van der Waals surface area contributed by atoms with Gasteiger partial charge in [0.25, 0.3) is 0 Å². The van der Waals surface area contributed by atoms with Crippen molar-refractivity contribution in [3.8, 4) is 0 Å². The number of pyridine rings is 1. The topological polar surface area (TPSA) is 111 Å². The molecule has 0 spiro atoms. The van der Waals surface area contributed by atoms with Crippen molar-refractivity contribution in [2.24, 2.45) is 11.7 Å². The van der Waals surface area contributed by atoms with Crippen molar-refractivity contribution < 1.29 is 4.79 Å². The molecule has 0 saturated carbocycles. The third-order valence-corrected chi connectivity index (χ3v) is 3.92. The molecule has 1 amide bonds. The molecule has 1 saturated heterocycles. The van der Waals surface area contributed by atoms with Crippen molar-refractivity contribution in [3.63, 3.8) is 0 Å². The number of H-pyrrole nitrogens is 1. The molecular weight excluding hydrogens is 339 g/mol. The van der Waals surface area contributed by atoms with Gasteiger partial charge in [0, 0.05) is 36.8 Å². The summed E-state index contributed by atoms with van der Waals surface area (Å²) in [5, 5.41) is 11.3. The number of nitrogens with one attached hydrogen (secondary N) is 3. The number of guanidine groups is 1. The Morgan fingerprint density at radius 2 is 2.04 bits per heavy atom. The molecule has 2 aromatic heterocycles. The van der Waals surface area contributed by atoms with Gasteiger partial charge in [0.15, 0.2) is 5.96 Å².